The third kappa shape index (κ3) is 3.70. The van der Waals surface area contributed by atoms with Crippen molar-refractivity contribution in [2.75, 3.05) is 13.7 Å². The molecule has 0 spiro atoms. The van der Waals surface area contributed by atoms with Crippen molar-refractivity contribution in [2.24, 2.45) is 0 Å². The summed E-state index contributed by atoms with van der Waals surface area (Å²) in [6.07, 6.45) is 2.43. The van der Waals surface area contributed by atoms with Gasteiger partial charge in [-0.25, -0.2) is 14.4 Å². The zero-order valence-corrected chi connectivity index (χ0v) is 13.4. The van der Waals surface area contributed by atoms with E-state index in [1.54, 1.807) is 0 Å². The number of ether oxygens (including phenoxy) is 3. The van der Waals surface area contributed by atoms with Crippen molar-refractivity contribution in [3.8, 4) is 0 Å². The van der Waals surface area contributed by atoms with Gasteiger partial charge in [-0.15, -0.1) is 0 Å². The van der Waals surface area contributed by atoms with Crippen molar-refractivity contribution in [1.82, 2.24) is 4.90 Å². The number of methoxy groups -OCH3 is 1. The lowest BCUT2D eigenvalue weighted by molar-refractivity contribution is -0.142. The maximum atomic E-state index is 11.5. The van der Waals surface area contributed by atoms with Crippen LogP contribution in [0.3, 0.4) is 0 Å². The van der Waals surface area contributed by atoms with Gasteiger partial charge in [0.15, 0.2) is 12.3 Å². The normalized spacial score (nSPS) is 25.8. The average molecular weight is 366 g/mol. The van der Waals surface area contributed by atoms with Crippen LogP contribution in [0, 0.1) is 0 Å². The van der Waals surface area contributed by atoms with Gasteiger partial charge in [-0.3, -0.25) is 0 Å². The number of carboxylic acid groups (broad SMARTS) is 1. The first-order valence-electron chi connectivity index (χ1n) is 6.46. The molecule has 0 aliphatic carbocycles. The fourth-order valence-electron chi connectivity index (χ4n) is 2.24. The predicted octanol–water partition coefficient (Wildman–Crippen LogP) is 0.789. The number of fused-ring (bicyclic) bond motifs is 1. The molecule has 2 aliphatic heterocycles. The molecule has 2 heterocycles. The topological polar surface area (TPSA) is 102 Å². The first-order chi connectivity index (χ1) is 10.8. The Balaban J connectivity index is 2.08. The maximum Gasteiger partial charge on any atom is 0.339 e. The Morgan fingerprint density at radius 2 is 2.17 bits per heavy atom. The number of hydrogen-bond donors (Lipinski definition) is 1. The zero-order chi connectivity index (χ0) is 17.1. The monoisotopic (exact) mass is 365 g/mol. The summed E-state index contributed by atoms with van der Waals surface area (Å²) in [6, 6.07) is -1.11. The van der Waals surface area contributed by atoms with E-state index in [-0.39, 0.29) is 12.4 Å². The Hall–Kier alpha value is -1.93. The number of carboxylic acids is 1. The minimum atomic E-state index is -1.32. The van der Waals surface area contributed by atoms with Crippen LogP contribution in [0.5, 0.6) is 0 Å². The number of esters is 2. The Morgan fingerprint density at radius 3 is 2.74 bits per heavy atom. The highest BCUT2D eigenvalue weighted by Gasteiger charge is 2.51. The highest BCUT2D eigenvalue weighted by atomic mass is 35.5. The summed E-state index contributed by atoms with van der Waals surface area (Å²) in [5, 5.41) is 9.36. The van der Waals surface area contributed by atoms with Crippen molar-refractivity contribution in [3.05, 3.63) is 23.6 Å². The largest absolute Gasteiger partial charge is 0.479 e. The van der Waals surface area contributed by atoms with Gasteiger partial charge in [-0.1, -0.05) is 23.2 Å². The molecule has 1 N–H and O–H groups in total. The van der Waals surface area contributed by atoms with Gasteiger partial charge in [0.25, 0.3) is 0 Å². The zero-order valence-electron chi connectivity index (χ0n) is 11.9. The second kappa shape index (κ2) is 7.10. The number of hydrogen-bond acceptors (Lipinski definition) is 7. The lowest BCUT2D eigenvalue weighted by atomic mass is 10.0. The standard InChI is InChI=1S/C13H13Cl2NO7/c1-21-9(17)5-6-4-8-16(6)10(12(18)19)7(23-8)2-3-22-13(20)11(14)15/h2,5,8,10-11H,3-4H2,1H3,(H,18,19)/b6-5-,7-2-/t8-,10-/m1/s1. The van der Waals surface area contributed by atoms with E-state index in [0.29, 0.717) is 12.1 Å². The molecule has 2 aliphatic rings. The Labute approximate surface area is 141 Å². The summed E-state index contributed by atoms with van der Waals surface area (Å²) < 4.78 is 14.7. The van der Waals surface area contributed by atoms with E-state index in [1.807, 2.05) is 0 Å². The van der Waals surface area contributed by atoms with E-state index in [9.17, 15) is 19.5 Å². The number of rotatable bonds is 5. The molecular weight excluding hydrogens is 353 g/mol. The van der Waals surface area contributed by atoms with E-state index < -0.39 is 35.0 Å². The van der Waals surface area contributed by atoms with E-state index in [1.165, 1.54) is 24.2 Å². The van der Waals surface area contributed by atoms with Gasteiger partial charge in [0.05, 0.1) is 7.11 Å². The molecule has 0 aromatic heterocycles. The first kappa shape index (κ1) is 17.4. The van der Waals surface area contributed by atoms with Crippen molar-refractivity contribution < 1.29 is 33.7 Å². The van der Waals surface area contributed by atoms with Crippen molar-refractivity contribution in [2.45, 2.75) is 23.5 Å². The molecule has 0 unspecified atom stereocenters. The molecule has 0 amide bonds. The number of carbonyl (C=O) groups is 3. The smallest absolute Gasteiger partial charge is 0.339 e. The lowest BCUT2D eigenvalue weighted by Crippen LogP contribution is -2.48. The minimum absolute atomic E-state index is 0.115. The van der Waals surface area contributed by atoms with Crippen LogP contribution >= 0.6 is 23.2 Å². The quantitative estimate of drug-likeness (QED) is 0.433. The van der Waals surface area contributed by atoms with Crippen LogP contribution in [0.15, 0.2) is 23.6 Å². The molecule has 0 aromatic rings. The highest BCUT2D eigenvalue weighted by molar-refractivity contribution is 6.52. The SMILES string of the molecule is COC(=O)/C=C1/C[C@H]2O/C(=C\COC(=O)C(Cl)Cl)[C@H](C(=O)O)N12. The fourth-order valence-corrected chi connectivity index (χ4v) is 2.37. The molecule has 10 heteroatoms. The molecule has 2 saturated heterocycles. The van der Waals surface area contributed by atoms with Gasteiger partial charge in [0.2, 0.25) is 4.84 Å². The van der Waals surface area contributed by atoms with Crippen LogP contribution < -0.4 is 0 Å². The second-order valence-electron chi connectivity index (χ2n) is 4.62. The van der Waals surface area contributed by atoms with Gasteiger partial charge in [0, 0.05) is 18.2 Å². The van der Waals surface area contributed by atoms with Crippen molar-refractivity contribution in [1.29, 1.82) is 0 Å². The van der Waals surface area contributed by atoms with Crippen molar-refractivity contribution in [3.63, 3.8) is 0 Å². The van der Waals surface area contributed by atoms with Gasteiger partial charge >= 0.3 is 17.9 Å². The molecule has 0 aromatic carbocycles. The van der Waals surface area contributed by atoms with Gasteiger partial charge < -0.3 is 24.2 Å². The van der Waals surface area contributed by atoms with E-state index >= 15 is 0 Å². The molecule has 0 saturated carbocycles. The average Bonchev–Trinajstić information content (AvgIpc) is 2.77. The maximum absolute atomic E-state index is 11.5. The van der Waals surface area contributed by atoms with Crippen LogP contribution in [0.2, 0.25) is 0 Å². The number of aliphatic carboxylic acids is 1. The molecule has 8 nitrogen and oxygen atoms in total. The van der Waals surface area contributed by atoms with Gasteiger partial charge in [0.1, 0.15) is 12.4 Å². The number of alkyl halides is 2. The summed E-state index contributed by atoms with van der Waals surface area (Å²) >= 11 is 10.7. The molecule has 126 valence electrons. The lowest BCUT2D eigenvalue weighted by Gasteiger charge is -2.38. The third-order valence-corrected chi connectivity index (χ3v) is 3.61. The summed E-state index contributed by atoms with van der Waals surface area (Å²) in [6.45, 7) is -0.232. The predicted molar refractivity (Wildman–Crippen MR) is 77.4 cm³/mol. The Kier molecular flexibility index (Phi) is 5.38. The van der Waals surface area contributed by atoms with Crippen LogP contribution in [0.1, 0.15) is 6.42 Å². The van der Waals surface area contributed by atoms with Gasteiger partial charge in [-0.05, 0) is 6.08 Å². The molecule has 0 radical (unpaired) electrons. The highest BCUT2D eigenvalue weighted by Crippen LogP contribution is 2.42. The van der Waals surface area contributed by atoms with Gasteiger partial charge in [-0.2, -0.15) is 0 Å². The van der Waals surface area contributed by atoms with Crippen LogP contribution in [-0.2, 0) is 28.6 Å². The number of nitrogens with zero attached hydrogens (tertiary/aromatic N) is 1. The summed E-state index contributed by atoms with van der Waals surface area (Å²) in [5.74, 6) is -2.47. The van der Waals surface area contributed by atoms with Crippen LogP contribution in [0.4, 0.5) is 0 Å². The summed E-state index contributed by atoms with van der Waals surface area (Å²) in [4.78, 5) is 34.0. The summed E-state index contributed by atoms with van der Waals surface area (Å²) in [5.41, 5.74) is 0.497. The first-order valence-corrected chi connectivity index (χ1v) is 7.33. The number of carbonyl (C=O) groups excluding carboxylic acids is 2. The van der Waals surface area contributed by atoms with Crippen molar-refractivity contribution >= 4 is 41.1 Å². The van der Waals surface area contributed by atoms with E-state index in [4.69, 9.17) is 32.7 Å². The van der Waals surface area contributed by atoms with Crippen LogP contribution in [-0.4, -0.2) is 58.7 Å². The Bertz CT molecular complexity index is 587. The molecule has 0 bridgehead atoms. The second-order valence-corrected chi connectivity index (χ2v) is 5.72. The minimum Gasteiger partial charge on any atom is -0.479 e. The number of halogens is 2. The molecular formula is C13H13Cl2NO7. The Morgan fingerprint density at radius 1 is 1.48 bits per heavy atom. The van der Waals surface area contributed by atoms with Crippen LogP contribution in [0.25, 0.3) is 0 Å². The van der Waals surface area contributed by atoms with E-state index in [0.717, 1.165) is 0 Å². The molecule has 23 heavy (non-hydrogen) atoms. The summed E-state index contributed by atoms with van der Waals surface area (Å²) in [7, 11) is 1.23. The third-order valence-electron chi connectivity index (χ3n) is 3.25. The molecule has 2 rings (SSSR count). The van der Waals surface area contributed by atoms with E-state index in [2.05, 4.69) is 4.74 Å². The molecule has 2 fully saturated rings. The molecule has 2 atom stereocenters. The fraction of sp³-hybridized carbons (Fsp3) is 0.462.